The van der Waals surface area contributed by atoms with Crippen LogP contribution in [0.15, 0.2) is 60.7 Å². The summed E-state index contributed by atoms with van der Waals surface area (Å²) in [7, 11) is 9.78. The molecule has 2 saturated heterocycles. The third-order valence-corrected chi connectivity index (χ3v) is 4.34. The van der Waals surface area contributed by atoms with Crippen LogP contribution in [0.5, 0.6) is 0 Å². The van der Waals surface area contributed by atoms with Crippen LogP contribution in [0, 0.1) is 13.2 Å². The molecule has 32 heavy (non-hydrogen) atoms. The average Bonchev–Trinajstić information content (AvgIpc) is 3.55. The molecule has 0 radical (unpaired) electrons. The molecule has 0 aromatic heterocycles. The molecule has 0 N–H and O–H groups in total. The van der Waals surface area contributed by atoms with Gasteiger partial charge in [0, 0.05) is 13.2 Å². The monoisotopic (exact) mass is 512 g/mol. The first-order valence-electron chi connectivity index (χ1n) is 11.0. The van der Waals surface area contributed by atoms with Gasteiger partial charge in [0.25, 0.3) is 0 Å². The Balaban J connectivity index is 0.000000316. The summed E-state index contributed by atoms with van der Waals surface area (Å²) in [6.07, 6.45) is 5.71. The fourth-order valence-corrected chi connectivity index (χ4v) is 2.97. The van der Waals surface area contributed by atoms with Crippen LogP contribution in [-0.4, -0.2) is 25.3 Å². The van der Waals surface area contributed by atoms with Crippen molar-refractivity contribution >= 4 is 30.0 Å². The van der Waals surface area contributed by atoms with Gasteiger partial charge in [-0.25, -0.2) is 13.2 Å². The molecule has 7 heteroatoms. The molecule has 4 nitrogen and oxygen atoms in total. The maximum absolute atomic E-state index is 4.89. The minimum atomic E-state index is -0.556. The van der Waals surface area contributed by atoms with Gasteiger partial charge in [-0.15, -0.1) is 23.5 Å². The van der Waals surface area contributed by atoms with E-state index in [4.69, 9.17) is 28.1 Å². The molecule has 2 aliphatic heterocycles. The third kappa shape index (κ3) is 16.8. The summed E-state index contributed by atoms with van der Waals surface area (Å²) in [4.78, 5) is 0. The Morgan fingerprint density at radius 2 is 1.16 bits per heavy atom. The van der Waals surface area contributed by atoms with Crippen LogP contribution in [0.4, 0.5) is 11.4 Å². The summed E-state index contributed by atoms with van der Waals surface area (Å²) in [5.74, 6) is 0. The average molecular weight is 513 g/mol. The first-order valence-corrected chi connectivity index (χ1v) is 15.3. The molecule has 4 rings (SSSR count). The van der Waals surface area contributed by atoms with Gasteiger partial charge in [0.05, 0.1) is 0 Å². The van der Waals surface area contributed by atoms with Crippen LogP contribution < -0.4 is 0 Å². The molecule has 0 spiro atoms. The van der Waals surface area contributed by atoms with Crippen molar-refractivity contribution in [2.75, 3.05) is 13.2 Å². The molecule has 2 aliphatic rings. The van der Waals surface area contributed by atoms with E-state index in [1.54, 1.807) is 0 Å². The quantitative estimate of drug-likeness (QED) is 0.286. The van der Waals surface area contributed by atoms with Crippen molar-refractivity contribution < 1.29 is 26.5 Å². The van der Waals surface area contributed by atoms with Crippen molar-refractivity contribution in [2.45, 2.75) is 58.0 Å². The van der Waals surface area contributed by atoms with Crippen LogP contribution in [0.2, 0.25) is 0 Å². The zero-order chi connectivity index (χ0) is 23.3. The first kappa shape index (κ1) is 29.3. The van der Waals surface area contributed by atoms with Gasteiger partial charge >= 0.3 is 35.6 Å². The number of nitrogens with zero attached hydrogens (tertiary/aromatic N) is 2. The Hall–Kier alpha value is -0.746. The van der Waals surface area contributed by atoms with E-state index < -0.39 is 17.0 Å². The van der Waals surface area contributed by atoms with Gasteiger partial charge in [0.2, 0.25) is 0 Å². The SMILES string of the molecule is C[C@H](C[C@@H](C)[N-]c1ccccc1)[N-]c1ccccc1.[CH-]1CCCO1.[CH-]1CCCO1.[Cl][Ti+4][Cl]. The van der Waals surface area contributed by atoms with Crippen LogP contribution >= 0.6 is 18.6 Å². The molecule has 0 amide bonds. The molecule has 2 fully saturated rings. The van der Waals surface area contributed by atoms with E-state index in [1.807, 2.05) is 73.9 Å². The van der Waals surface area contributed by atoms with Gasteiger partial charge in [0.1, 0.15) is 0 Å². The molecule has 2 aromatic carbocycles. The van der Waals surface area contributed by atoms with Gasteiger partial charge < -0.3 is 20.1 Å². The first-order chi connectivity index (χ1) is 15.7. The normalized spacial score (nSPS) is 16.2. The van der Waals surface area contributed by atoms with Gasteiger partial charge in [-0.3, -0.25) is 0 Å². The second-order valence-electron chi connectivity index (χ2n) is 7.29. The summed E-state index contributed by atoms with van der Waals surface area (Å²) in [5.41, 5.74) is 2.09. The van der Waals surface area contributed by atoms with Crippen molar-refractivity contribution in [3.05, 3.63) is 84.5 Å². The fourth-order valence-electron chi connectivity index (χ4n) is 2.97. The second-order valence-corrected chi connectivity index (χ2v) is 9.87. The van der Waals surface area contributed by atoms with Crippen LogP contribution in [-0.2, 0) is 26.5 Å². The van der Waals surface area contributed by atoms with E-state index in [2.05, 4.69) is 24.5 Å². The van der Waals surface area contributed by atoms with Crippen molar-refractivity contribution in [3.63, 3.8) is 0 Å². The van der Waals surface area contributed by atoms with Gasteiger partial charge in [0.15, 0.2) is 0 Å². The summed E-state index contributed by atoms with van der Waals surface area (Å²) >= 11 is -0.556. The zero-order valence-electron chi connectivity index (χ0n) is 19.0. The number of hydrogen-bond acceptors (Lipinski definition) is 2. The summed E-state index contributed by atoms with van der Waals surface area (Å²) < 4.78 is 9.64. The molecule has 2 atom stereocenters. The Kier molecular flexibility index (Phi) is 19.1. The van der Waals surface area contributed by atoms with Gasteiger partial charge in [-0.05, 0) is 0 Å². The van der Waals surface area contributed by atoms with E-state index in [0.29, 0.717) is 0 Å². The van der Waals surface area contributed by atoms with Crippen LogP contribution in [0.1, 0.15) is 46.0 Å². The molecule has 2 heterocycles. The molecular weight excluding hydrogens is 479 g/mol. The van der Waals surface area contributed by atoms with E-state index in [1.165, 1.54) is 12.8 Å². The molecule has 0 unspecified atom stereocenters. The van der Waals surface area contributed by atoms with E-state index in [0.717, 1.165) is 43.9 Å². The summed E-state index contributed by atoms with van der Waals surface area (Å²) in [6, 6.07) is 20.8. The zero-order valence-corrected chi connectivity index (χ0v) is 22.1. The molecule has 2 aromatic rings. The van der Waals surface area contributed by atoms with Crippen molar-refractivity contribution in [1.29, 1.82) is 0 Å². The number of para-hydroxylation sites is 2. The topological polar surface area (TPSA) is 46.7 Å². The maximum atomic E-state index is 4.89. The second kappa shape index (κ2) is 20.8. The van der Waals surface area contributed by atoms with E-state index in [9.17, 15) is 0 Å². The number of halogens is 2. The third-order valence-electron chi connectivity index (χ3n) is 4.34. The Morgan fingerprint density at radius 1 is 0.781 bits per heavy atom. The molecule has 174 valence electrons. The molecular formula is C25H34Cl2N2O2Ti. The van der Waals surface area contributed by atoms with Crippen molar-refractivity contribution in [1.82, 2.24) is 0 Å². The van der Waals surface area contributed by atoms with Crippen molar-refractivity contribution in [3.8, 4) is 0 Å². The number of ether oxygens (including phenoxy) is 2. The minimum absolute atomic E-state index is 0.282. The predicted octanol–water partition coefficient (Wildman–Crippen LogP) is 8.86. The number of rotatable bonds is 6. The number of benzene rings is 2. The predicted molar refractivity (Wildman–Crippen MR) is 133 cm³/mol. The summed E-state index contributed by atoms with van der Waals surface area (Å²) in [5, 5.41) is 9.36. The van der Waals surface area contributed by atoms with E-state index >= 15 is 0 Å². The number of hydrogen-bond donors (Lipinski definition) is 0. The summed E-state index contributed by atoms with van der Waals surface area (Å²) in [6.45, 7) is 9.90. The molecule has 0 aliphatic carbocycles. The van der Waals surface area contributed by atoms with E-state index in [-0.39, 0.29) is 12.1 Å². The molecule has 0 bridgehead atoms. The van der Waals surface area contributed by atoms with Gasteiger partial charge in [-0.2, -0.15) is 12.8 Å². The standard InChI is InChI=1S/C17H20N2.2C4H7O.2ClH.Ti/c1-14(18-16-9-5-3-6-10-16)13-15(2)19-17-11-7-4-8-12-17;2*1-2-4-5-3-1;;;/h3-12,14-15H,13H2,1-2H3;2*3H,1-2,4H2;2*1H;/q-2;2*-1;;;+6/p-2/t14-,15-;;;;;/m1...../s1. The van der Waals surface area contributed by atoms with Crippen LogP contribution in [0.25, 0.3) is 10.6 Å². The van der Waals surface area contributed by atoms with Gasteiger partial charge in [-0.1, -0.05) is 93.8 Å². The Bertz CT molecular complexity index is 574. The van der Waals surface area contributed by atoms with Crippen LogP contribution in [0.3, 0.4) is 0 Å². The van der Waals surface area contributed by atoms with Crippen molar-refractivity contribution in [2.24, 2.45) is 0 Å². The Morgan fingerprint density at radius 3 is 1.41 bits per heavy atom. The fraction of sp³-hybridized carbons (Fsp3) is 0.440. The Labute approximate surface area is 211 Å². The molecule has 0 saturated carbocycles.